The molecular weight excluding hydrogens is 341 g/mol. The van der Waals surface area contributed by atoms with Crippen molar-refractivity contribution in [2.24, 2.45) is 5.73 Å². The molecule has 4 heteroatoms. The monoisotopic (exact) mass is 359 g/mol. The van der Waals surface area contributed by atoms with Gasteiger partial charge in [0, 0.05) is 17.1 Å². The average molecular weight is 360 g/mol. The molecule has 3 aromatic carbocycles. The standard InChI is InChI=1S/C20H18ClNO.ClH/c21-18-8-4-7-17(12-18)19-10-9-16(13-22)11-20(19)23-14-15-5-2-1-3-6-15;/h1-12H,13-14,22H2;1H. The first kappa shape index (κ1) is 18.3. The van der Waals surface area contributed by atoms with Crippen molar-refractivity contribution in [2.45, 2.75) is 13.2 Å². The van der Waals surface area contributed by atoms with Gasteiger partial charge in [-0.2, -0.15) is 0 Å². The quantitative estimate of drug-likeness (QED) is 0.655. The third-order valence-corrected chi connectivity index (χ3v) is 3.89. The first-order valence-corrected chi connectivity index (χ1v) is 7.90. The highest BCUT2D eigenvalue weighted by atomic mass is 35.5. The molecule has 0 unspecified atom stereocenters. The zero-order valence-electron chi connectivity index (χ0n) is 13.1. The molecule has 0 heterocycles. The van der Waals surface area contributed by atoms with E-state index < -0.39 is 0 Å². The van der Waals surface area contributed by atoms with Gasteiger partial charge in [0.2, 0.25) is 0 Å². The molecule has 0 saturated heterocycles. The zero-order chi connectivity index (χ0) is 16.1. The van der Waals surface area contributed by atoms with E-state index in [0.29, 0.717) is 18.2 Å². The maximum Gasteiger partial charge on any atom is 0.127 e. The third kappa shape index (κ3) is 4.51. The van der Waals surface area contributed by atoms with Gasteiger partial charge >= 0.3 is 0 Å². The molecule has 0 aliphatic rings. The Hall–Kier alpha value is -2.00. The lowest BCUT2D eigenvalue weighted by atomic mass is 10.0. The summed E-state index contributed by atoms with van der Waals surface area (Å²) in [6.07, 6.45) is 0. The highest BCUT2D eigenvalue weighted by molar-refractivity contribution is 6.30. The summed E-state index contributed by atoms with van der Waals surface area (Å²) < 4.78 is 6.06. The van der Waals surface area contributed by atoms with Gasteiger partial charge in [-0.15, -0.1) is 12.4 Å². The van der Waals surface area contributed by atoms with E-state index in [2.05, 4.69) is 0 Å². The van der Waals surface area contributed by atoms with Crippen molar-refractivity contribution in [1.82, 2.24) is 0 Å². The molecule has 3 aromatic rings. The van der Waals surface area contributed by atoms with Crippen LogP contribution in [0, 0.1) is 0 Å². The molecule has 3 rings (SSSR count). The van der Waals surface area contributed by atoms with E-state index in [-0.39, 0.29) is 12.4 Å². The first-order valence-electron chi connectivity index (χ1n) is 7.52. The predicted octanol–water partition coefficient (Wildman–Crippen LogP) is 5.47. The fraction of sp³-hybridized carbons (Fsp3) is 0.100. The van der Waals surface area contributed by atoms with Crippen LogP contribution in [-0.2, 0) is 13.2 Å². The van der Waals surface area contributed by atoms with Gasteiger partial charge in [0.05, 0.1) is 0 Å². The zero-order valence-corrected chi connectivity index (χ0v) is 14.7. The molecule has 2 N–H and O–H groups in total. The second-order valence-electron chi connectivity index (χ2n) is 5.32. The van der Waals surface area contributed by atoms with Gasteiger partial charge in [-0.05, 0) is 34.9 Å². The number of ether oxygens (including phenoxy) is 1. The SMILES string of the molecule is Cl.NCc1ccc(-c2cccc(Cl)c2)c(OCc2ccccc2)c1. The molecule has 24 heavy (non-hydrogen) atoms. The van der Waals surface area contributed by atoms with Crippen LogP contribution in [0.5, 0.6) is 5.75 Å². The molecule has 124 valence electrons. The average Bonchev–Trinajstić information content (AvgIpc) is 2.60. The van der Waals surface area contributed by atoms with Crippen LogP contribution in [0.25, 0.3) is 11.1 Å². The number of nitrogens with two attached hydrogens (primary N) is 1. The Labute approximate surface area is 153 Å². The van der Waals surface area contributed by atoms with Crippen LogP contribution in [-0.4, -0.2) is 0 Å². The molecule has 0 aliphatic carbocycles. The van der Waals surface area contributed by atoms with Crippen molar-refractivity contribution in [3.05, 3.63) is 88.9 Å². The molecule has 0 atom stereocenters. The molecule has 0 aromatic heterocycles. The van der Waals surface area contributed by atoms with Crippen molar-refractivity contribution >= 4 is 24.0 Å². The third-order valence-electron chi connectivity index (χ3n) is 3.65. The van der Waals surface area contributed by atoms with Gasteiger partial charge in [0.1, 0.15) is 12.4 Å². The number of hydrogen-bond donors (Lipinski definition) is 1. The molecule has 0 saturated carbocycles. The van der Waals surface area contributed by atoms with Crippen molar-refractivity contribution in [2.75, 3.05) is 0 Å². The number of rotatable bonds is 5. The van der Waals surface area contributed by atoms with Gasteiger partial charge in [0.15, 0.2) is 0 Å². The number of halogens is 2. The van der Waals surface area contributed by atoms with Crippen molar-refractivity contribution in [3.63, 3.8) is 0 Å². The Balaban J connectivity index is 0.00000208. The summed E-state index contributed by atoms with van der Waals surface area (Å²) >= 11 is 6.12. The Bertz CT molecular complexity index is 791. The lowest BCUT2D eigenvalue weighted by molar-refractivity contribution is 0.307. The topological polar surface area (TPSA) is 35.2 Å². The Morgan fingerprint density at radius 2 is 1.62 bits per heavy atom. The molecule has 0 bridgehead atoms. The maximum atomic E-state index is 6.12. The van der Waals surface area contributed by atoms with E-state index in [4.69, 9.17) is 22.1 Å². The number of benzene rings is 3. The minimum absolute atomic E-state index is 0. The van der Waals surface area contributed by atoms with Crippen LogP contribution >= 0.6 is 24.0 Å². The summed E-state index contributed by atoms with van der Waals surface area (Å²) in [5, 5.41) is 0.708. The first-order chi connectivity index (χ1) is 11.3. The number of hydrogen-bond acceptors (Lipinski definition) is 2. The van der Waals surface area contributed by atoms with Crippen LogP contribution in [0.15, 0.2) is 72.8 Å². The Kier molecular flexibility index (Phi) is 6.68. The summed E-state index contributed by atoms with van der Waals surface area (Å²) in [4.78, 5) is 0. The second-order valence-corrected chi connectivity index (χ2v) is 5.76. The van der Waals surface area contributed by atoms with Gasteiger partial charge < -0.3 is 10.5 Å². The summed E-state index contributed by atoms with van der Waals surface area (Å²) in [7, 11) is 0. The van der Waals surface area contributed by atoms with Gasteiger partial charge in [-0.1, -0.05) is 66.2 Å². The van der Waals surface area contributed by atoms with Crippen molar-refractivity contribution in [3.8, 4) is 16.9 Å². The molecule has 0 amide bonds. The largest absolute Gasteiger partial charge is 0.488 e. The lowest BCUT2D eigenvalue weighted by Gasteiger charge is -2.14. The highest BCUT2D eigenvalue weighted by Crippen LogP contribution is 2.33. The molecule has 0 spiro atoms. The van der Waals surface area contributed by atoms with Gasteiger partial charge in [0.25, 0.3) is 0 Å². The molecule has 0 fully saturated rings. The summed E-state index contributed by atoms with van der Waals surface area (Å²) in [6, 6.07) is 23.9. The minimum atomic E-state index is 0. The minimum Gasteiger partial charge on any atom is -0.488 e. The predicted molar refractivity (Wildman–Crippen MR) is 103 cm³/mol. The van der Waals surface area contributed by atoms with E-state index >= 15 is 0 Å². The van der Waals surface area contributed by atoms with Crippen LogP contribution in [0.2, 0.25) is 5.02 Å². The van der Waals surface area contributed by atoms with Crippen LogP contribution in [0.4, 0.5) is 0 Å². The van der Waals surface area contributed by atoms with Crippen molar-refractivity contribution < 1.29 is 4.74 Å². The lowest BCUT2D eigenvalue weighted by Crippen LogP contribution is -2.00. The molecule has 0 radical (unpaired) electrons. The van der Waals surface area contributed by atoms with Crippen LogP contribution in [0.3, 0.4) is 0 Å². The molecule has 0 aliphatic heterocycles. The van der Waals surface area contributed by atoms with E-state index in [1.807, 2.05) is 72.8 Å². The summed E-state index contributed by atoms with van der Waals surface area (Å²) in [5.41, 5.74) is 9.98. The maximum absolute atomic E-state index is 6.12. The van der Waals surface area contributed by atoms with Crippen LogP contribution in [0.1, 0.15) is 11.1 Å². The van der Waals surface area contributed by atoms with E-state index in [9.17, 15) is 0 Å². The molecule has 2 nitrogen and oxygen atoms in total. The normalized spacial score (nSPS) is 10.1. The summed E-state index contributed by atoms with van der Waals surface area (Å²) in [5.74, 6) is 0.819. The van der Waals surface area contributed by atoms with E-state index in [1.165, 1.54) is 0 Å². The summed E-state index contributed by atoms with van der Waals surface area (Å²) in [6.45, 7) is 1.000. The van der Waals surface area contributed by atoms with Gasteiger partial charge in [-0.3, -0.25) is 0 Å². The molecular formula is C20H19Cl2NO. The van der Waals surface area contributed by atoms with E-state index in [0.717, 1.165) is 28.0 Å². The second kappa shape index (κ2) is 8.74. The van der Waals surface area contributed by atoms with Crippen LogP contribution < -0.4 is 10.5 Å². The van der Waals surface area contributed by atoms with E-state index in [1.54, 1.807) is 0 Å². The fourth-order valence-electron chi connectivity index (χ4n) is 2.44. The Morgan fingerprint density at radius 3 is 2.33 bits per heavy atom. The fourth-order valence-corrected chi connectivity index (χ4v) is 2.63. The Morgan fingerprint density at radius 1 is 0.833 bits per heavy atom. The van der Waals surface area contributed by atoms with Gasteiger partial charge in [-0.25, -0.2) is 0 Å². The highest BCUT2D eigenvalue weighted by Gasteiger charge is 2.08. The smallest absolute Gasteiger partial charge is 0.127 e. The van der Waals surface area contributed by atoms with Crippen molar-refractivity contribution in [1.29, 1.82) is 0 Å².